The zero-order valence-electron chi connectivity index (χ0n) is 17.0. The minimum Gasteiger partial charge on any atom is -0.365 e. The summed E-state index contributed by atoms with van der Waals surface area (Å²) in [5.74, 6) is -0.391. The van der Waals surface area contributed by atoms with Crippen LogP contribution in [0.15, 0.2) is 6.20 Å². The summed E-state index contributed by atoms with van der Waals surface area (Å²) in [5, 5.41) is 14.4. The molecule has 2 aromatic rings. The SMILES string of the molecule is Cc1c(NC(=O)C2CN(C(=O)c3n[nH]c4c3CCCCCC4)CCO2)cnn1C. The molecule has 1 unspecified atom stereocenters. The lowest BCUT2D eigenvalue weighted by Crippen LogP contribution is -2.50. The van der Waals surface area contributed by atoms with E-state index in [0.717, 1.165) is 42.6 Å². The Labute approximate surface area is 169 Å². The number of rotatable bonds is 3. The van der Waals surface area contributed by atoms with Gasteiger partial charge in [-0.05, 0) is 32.6 Å². The molecule has 1 atom stereocenters. The molecule has 2 amide bonds. The van der Waals surface area contributed by atoms with Crippen LogP contribution in [-0.4, -0.2) is 62.5 Å². The molecule has 29 heavy (non-hydrogen) atoms. The Morgan fingerprint density at radius 3 is 2.79 bits per heavy atom. The number of nitrogens with zero attached hydrogens (tertiary/aromatic N) is 4. The highest BCUT2D eigenvalue weighted by molar-refractivity contribution is 5.97. The number of H-pyrrole nitrogens is 1. The summed E-state index contributed by atoms with van der Waals surface area (Å²) in [6, 6.07) is 0. The smallest absolute Gasteiger partial charge is 0.274 e. The number of ether oxygens (including phenoxy) is 1. The topological polar surface area (TPSA) is 105 Å². The average Bonchev–Trinajstić information content (AvgIpc) is 3.24. The Kier molecular flexibility index (Phi) is 5.66. The maximum atomic E-state index is 13.2. The van der Waals surface area contributed by atoms with E-state index in [4.69, 9.17) is 4.74 Å². The Morgan fingerprint density at radius 1 is 1.24 bits per heavy atom. The molecule has 0 bridgehead atoms. The summed E-state index contributed by atoms with van der Waals surface area (Å²) in [7, 11) is 1.82. The first kappa shape index (κ1) is 19.6. The number of nitrogens with one attached hydrogen (secondary N) is 2. The Balaban J connectivity index is 1.45. The third kappa shape index (κ3) is 4.05. The van der Waals surface area contributed by atoms with E-state index in [0.29, 0.717) is 24.5 Å². The minimum absolute atomic E-state index is 0.123. The van der Waals surface area contributed by atoms with E-state index in [2.05, 4.69) is 20.6 Å². The van der Waals surface area contributed by atoms with Crippen LogP contribution in [0.3, 0.4) is 0 Å². The van der Waals surface area contributed by atoms with Gasteiger partial charge < -0.3 is 15.0 Å². The quantitative estimate of drug-likeness (QED) is 0.814. The molecular formula is C20H28N6O3. The van der Waals surface area contributed by atoms with Crippen LogP contribution in [-0.2, 0) is 29.4 Å². The summed E-state index contributed by atoms with van der Waals surface area (Å²) in [4.78, 5) is 27.5. The van der Waals surface area contributed by atoms with Crippen molar-refractivity contribution in [3.05, 3.63) is 28.8 Å². The summed E-state index contributed by atoms with van der Waals surface area (Å²) in [6.07, 6.45) is 7.32. The number of amides is 2. The number of anilines is 1. The third-order valence-corrected chi connectivity index (χ3v) is 5.90. The zero-order chi connectivity index (χ0) is 20.4. The first-order valence-corrected chi connectivity index (χ1v) is 10.3. The Bertz CT molecular complexity index is 902. The standard InChI is InChI=1S/C20H28N6O3/c1-13-16(11-21-25(13)2)22-19(27)17-12-26(9-10-29-17)20(28)18-14-7-5-3-4-6-8-15(14)23-24-18/h11,17H,3-10,12H2,1-2H3,(H,22,27)(H,23,24). The highest BCUT2D eigenvalue weighted by Crippen LogP contribution is 2.23. The number of hydrogen-bond donors (Lipinski definition) is 2. The van der Waals surface area contributed by atoms with Crippen molar-refractivity contribution < 1.29 is 14.3 Å². The molecule has 1 saturated heterocycles. The fourth-order valence-electron chi connectivity index (χ4n) is 3.99. The van der Waals surface area contributed by atoms with Gasteiger partial charge in [0.2, 0.25) is 0 Å². The molecule has 3 heterocycles. The van der Waals surface area contributed by atoms with Gasteiger partial charge in [-0.15, -0.1) is 0 Å². The number of aryl methyl sites for hydroxylation is 2. The van der Waals surface area contributed by atoms with E-state index in [-0.39, 0.29) is 18.4 Å². The summed E-state index contributed by atoms with van der Waals surface area (Å²) in [5.41, 5.74) is 4.15. The van der Waals surface area contributed by atoms with E-state index >= 15 is 0 Å². The van der Waals surface area contributed by atoms with Gasteiger partial charge in [-0.1, -0.05) is 12.8 Å². The van der Waals surface area contributed by atoms with Crippen molar-refractivity contribution in [3.8, 4) is 0 Å². The maximum absolute atomic E-state index is 13.2. The molecule has 1 aliphatic carbocycles. The second-order valence-electron chi connectivity index (χ2n) is 7.81. The first-order chi connectivity index (χ1) is 14.0. The molecule has 1 aliphatic heterocycles. The van der Waals surface area contributed by atoms with Crippen molar-refractivity contribution in [3.63, 3.8) is 0 Å². The number of aromatic amines is 1. The third-order valence-electron chi connectivity index (χ3n) is 5.90. The van der Waals surface area contributed by atoms with Crippen molar-refractivity contribution >= 4 is 17.5 Å². The lowest BCUT2D eigenvalue weighted by molar-refractivity contribution is -0.131. The van der Waals surface area contributed by atoms with Gasteiger partial charge in [0.15, 0.2) is 11.8 Å². The molecule has 2 N–H and O–H groups in total. The van der Waals surface area contributed by atoms with Crippen LogP contribution in [0.25, 0.3) is 0 Å². The van der Waals surface area contributed by atoms with E-state index in [1.807, 2.05) is 14.0 Å². The Hall–Kier alpha value is -2.68. The first-order valence-electron chi connectivity index (χ1n) is 10.3. The van der Waals surface area contributed by atoms with Crippen molar-refractivity contribution in [2.75, 3.05) is 25.0 Å². The van der Waals surface area contributed by atoms with Gasteiger partial charge in [-0.2, -0.15) is 10.2 Å². The van der Waals surface area contributed by atoms with Crippen LogP contribution < -0.4 is 5.32 Å². The summed E-state index contributed by atoms with van der Waals surface area (Å²) in [6.45, 7) is 2.87. The number of fused-ring (bicyclic) bond motifs is 1. The maximum Gasteiger partial charge on any atom is 0.274 e. The fourth-order valence-corrected chi connectivity index (χ4v) is 3.99. The molecule has 0 spiro atoms. The van der Waals surface area contributed by atoms with Crippen molar-refractivity contribution in [1.82, 2.24) is 24.9 Å². The van der Waals surface area contributed by atoms with E-state index in [1.165, 1.54) is 12.8 Å². The van der Waals surface area contributed by atoms with E-state index < -0.39 is 6.10 Å². The minimum atomic E-state index is -0.715. The molecule has 1 fully saturated rings. The van der Waals surface area contributed by atoms with Crippen molar-refractivity contribution in [2.24, 2.45) is 7.05 Å². The van der Waals surface area contributed by atoms with Crippen molar-refractivity contribution in [2.45, 2.75) is 51.6 Å². The van der Waals surface area contributed by atoms with Gasteiger partial charge in [0.25, 0.3) is 11.8 Å². The molecule has 2 aliphatic rings. The van der Waals surface area contributed by atoms with Gasteiger partial charge in [0.05, 0.1) is 30.7 Å². The van der Waals surface area contributed by atoms with Gasteiger partial charge in [0, 0.05) is 24.8 Å². The highest BCUT2D eigenvalue weighted by Gasteiger charge is 2.32. The van der Waals surface area contributed by atoms with Gasteiger partial charge in [-0.3, -0.25) is 19.4 Å². The second-order valence-corrected chi connectivity index (χ2v) is 7.81. The van der Waals surface area contributed by atoms with Crippen molar-refractivity contribution in [1.29, 1.82) is 0 Å². The second kappa shape index (κ2) is 8.36. The number of carbonyl (C=O) groups excluding carboxylic acids is 2. The number of morpholine rings is 1. The normalized spacial score (nSPS) is 19.9. The van der Waals surface area contributed by atoms with Crippen LogP contribution in [0.1, 0.15) is 53.1 Å². The average molecular weight is 400 g/mol. The zero-order valence-corrected chi connectivity index (χ0v) is 17.0. The molecule has 9 heteroatoms. The molecule has 4 rings (SSSR count). The predicted octanol–water partition coefficient (Wildman–Crippen LogP) is 1.59. The number of carbonyl (C=O) groups is 2. The highest BCUT2D eigenvalue weighted by atomic mass is 16.5. The van der Waals surface area contributed by atoms with Crippen LogP contribution in [0.4, 0.5) is 5.69 Å². The molecule has 156 valence electrons. The van der Waals surface area contributed by atoms with Crippen LogP contribution in [0, 0.1) is 6.92 Å². The van der Waals surface area contributed by atoms with Crippen LogP contribution >= 0.6 is 0 Å². The number of aromatic nitrogens is 4. The summed E-state index contributed by atoms with van der Waals surface area (Å²) >= 11 is 0. The van der Waals surface area contributed by atoms with E-state index in [1.54, 1.807) is 15.8 Å². The van der Waals surface area contributed by atoms with Crippen LogP contribution in [0.2, 0.25) is 0 Å². The Morgan fingerprint density at radius 2 is 2.03 bits per heavy atom. The van der Waals surface area contributed by atoms with Crippen LogP contribution in [0.5, 0.6) is 0 Å². The lowest BCUT2D eigenvalue weighted by Gasteiger charge is -2.32. The molecule has 0 saturated carbocycles. The lowest BCUT2D eigenvalue weighted by atomic mass is 9.96. The largest absolute Gasteiger partial charge is 0.365 e. The number of hydrogen-bond acceptors (Lipinski definition) is 5. The van der Waals surface area contributed by atoms with Gasteiger partial charge in [0.1, 0.15) is 0 Å². The molecular weight excluding hydrogens is 372 g/mol. The van der Waals surface area contributed by atoms with Gasteiger partial charge >= 0.3 is 0 Å². The molecule has 0 radical (unpaired) electrons. The molecule has 2 aromatic heterocycles. The van der Waals surface area contributed by atoms with Gasteiger partial charge in [-0.25, -0.2) is 0 Å². The van der Waals surface area contributed by atoms with E-state index in [9.17, 15) is 9.59 Å². The molecule has 0 aromatic carbocycles. The fraction of sp³-hybridized carbons (Fsp3) is 0.600. The summed E-state index contributed by atoms with van der Waals surface area (Å²) < 4.78 is 7.34. The molecule has 9 nitrogen and oxygen atoms in total. The monoisotopic (exact) mass is 400 g/mol. The predicted molar refractivity (Wildman–Crippen MR) is 107 cm³/mol.